The van der Waals surface area contributed by atoms with Gasteiger partial charge < -0.3 is 9.72 Å². The van der Waals surface area contributed by atoms with Gasteiger partial charge in [-0.1, -0.05) is 26.3 Å². The van der Waals surface area contributed by atoms with Crippen molar-refractivity contribution in [3.63, 3.8) is 0 Å². The number of nitrogens with zero attached hydrogens (tertiary/aromatic N) is 1. The molecule has 1 aromatic rings. The van der Waals surface area contributed by atoms with Crippen LogP contribution in [0.5, 0.6) is 0 Å². The first kappa shape index (κ1) is 13.8. The van der Waals surface area contributed by atoms with E-state index < -0.39 is 5.41 Å². The molecule has 0 bridgehead atoms. The van der Waals surface area contributed by atoms with E-state index in [0.717, 1.165) is 18.0 Å². The van der Waals surface area contributed by atoms with Crippen LogP contribution < -0.4 is 5.56 Å². The molecule has 0 radical (unpaired) electrons. The van der Waals surface area contributed by atoms with Crippen molar-refractivity contribution in [2.75, 3.05) is 6.61 Å². The highest BCUT2D eigenvalue weighted by atomic mass is 16.5. The first-order valence-electron chi connectivity index (χ1n) is 6.86. The minimum Gasteiger partial charge on any atom is -0.478 e. The molecular weight excluding hydrogens is 240 g/mol. The van der Waals surface area contributed by atoms with Gasteiger partial charge in [0.05, 0.1) is 11.5 Å². The Bertz CT molecular complexity index is 531. The van der Waals surface area contributed by atoms with Crippen molar-refractivity contribution in [3.05, 3.63) is 34.2 Å². The van der Waals surface area contributed by atoms with Gasteiger partial charge in [0.2, 0.25) is 5.56 Å². The normalized spacial score (nSPS) is 20.8. The minimum absolute atomic E-state index is 0.0948. The summed E-state index contributed by atoms with van der Waals surface area (Å²) in [4.78, 5) is 19.0. The average molecular weight is 262 g/mol. The fourth-order valence-corrected chi connectivity index (χ4v) is 2.22. The molecule has 1 aliphatic heterocycles. The molecule has 1 N–H and O–H groups in total. The molecule has 0 saturated carbocycles. The van der Waals surface area contributed by atoms with Crippen LogP contribution in [0.4, 0.5) is 0 Å². The molecule has 0 saturated heterocycles. The summed E-state index contributed by atoms with van der Waals surface area (Å²) in [6, 6.07) is 5.41. The molecule has 0 unspecified atom stereocenters. The van der Waals surface area contributed by atoms with Crippen molar-refractivity contribution < 1.29 is 4.74 Å². The number of ether oxygens (including phenoxy) is 1. The Morgan fingerprint density at radius 2 is 2.26 bits per heavy atom. The monoisotopic (exact) mass is 262 g/mol. The number of hydrogen-bond acceptors (Lipinski definition) is 3. The lowest BCUT2D eigenvalue weighted by Gasteiger charge is -2.23. The van der Waals surface area contributed by atoms with Crippen molar-refractivity contribution in [2.45, 2.75) is 45.6 Å². The summed E-state index contributed by atoms with van der Waals surface area (Å²) < 4.78 is 5.78. The molecule has 0 amide bonds. The highest BCUT2D eigenvalue weighted by Crippen LogP contribution is 2.28. The lowest BCUT2D eigenvalue weighted by Crippen LogP contribution is -2.32. The number of rotatable bonds is 4. The SMILES string of the molecule is CC[C@@H](C)[C@H]1COC(C(C)(C)c2cccc(=O)[nH]2)=N1. The van der Waals surface area contributed by atoms with Gasteiger partial charge in [-0.15, -0.1) is 0 Å². The highest BCUT2D eigenvalue weighted by Gasteiger charge is 2.35. The fraction of sp³-hybridized carbons (Fsp3) is 0.600. The third-order valence-electron chi connectivity index (χ3n) is 3.95. The van der Waals surface area contributed by atoms with Gasteiger partial charge in [0.1, 0.15) is 6.61 Å². The highest BCUT2D eigenvalue weighted by molar-refractivity contribution is 5.88. The Hall–Kier alpha value is -1.58. The Morgan fingerprint density at radius 3 is 2.89 bits per heavy atom. The third kappa shape index (κ3) is 2.72. The van der Waals surface area contributed by atoms with Crippen LogP contribution in [0.15, 0.2) is 28.0 Å². The van der Waals surface area contributed by atoms with Crippen LogP contribution in [0.3, 0.4) is 0 Å². The lowest BCUT2D eigenvalue weighted by atomic mass is 9.88. The van der Waals surface area contributed by atoms with Gasteiger partial charge >= 0.3 is 0 Å². The molecule has 4 heteroatoms. The van der Waals surface area contributed by atoms with E-state index in [1.54, 1.807) is 6.07 Å². The second-order valence-electron chi connectivity index (χ2n) is 5.75. The maximum absolute atomic E-state index is 11.4. The number of nitrogens with one attached hydrogen (secondary N) is 1. The zero-order chi connectivity index (χ0) is 14.0. The summed E-state index contributed by atoms with van der Waals surface area (Å²) in [6.07, 6.45) is 1.09. The Labute approximate surface area is 113 Å². The van der Waals surface area contributed by atoms with E-state index in [1.165, 1.54) is 6.07 Å². The predicted octanol–water partition coefficient (Wildman–Crippen LogP) is 2.50. The van der Waals surface area contributed by atoms with Crippen molar-refractivity contribution in [1.82, 2.24) is 4.98 Å². The molecule has 2 rings (SSSR count). The Morgan fingerprint density at radius 1 is 1.53 bits per heavy atom. The third-order valence-corrected chi connectivity index (χ3v) is 3.95. The van der Waals surface area contributed by atoms with E-state index in [0.29, 0.717) is 12.5 Å². The molecular formula is C15H22N2O2. The van der Waals surface area contributed by atoms with Gasteiger partial charge in [-0.05, 0) is 25.8 Å². The smallest absolute Gasteiger partial charge is 0.248 e. The molecule has 104 valence electrons. The van der Waals surface area contributed by atoms with Crippen LogP contribution in [0.25, 0.3) is 0 Å². The van der Waals surface area contributed by atoms with Gasteiger partial charge in [0, 0.05) is 11.8 Å². The first-order valence-corrected chi connectivity index (χ1v) is 6.86. The molecule has 0 spiro atoms. The van der Waals surface area contributed by atoms with Crippen molar-refractivity contribution in [1.29, 1.82) is 0 Å². The molecule has 4 nitrogen and oxygen atoms in total. The fourth-order valence-electron chi connectivity index (χ4n) is 2.22. The zero-order valence-electron chi connectivity index (χ0n) is 12.1. The van der Waals surface area contributed by atoms with Crippen molar-refractivity contribution >= 4 is 5.90 Å². The number of pyridine rings is 1. The van der Waals surface area contributed by atoms with Crippen LogP contribution >= 0.6 is 0 Å². The molecule has 0 aromatic carbocycles. The van der Waals surface area contributed by atoms with Gasteiger partial charge in [-0.3, -0.25) is 4.79 Å². The molecule has 0 fully saturated rings. The van der Waals surface area contributed by atoms with Gasteiger partial charge in [-0.25, -0.2) is 4.99 Å². The lowest BCUT2D eigenvalue weighted by molar-refractivity contribution is 0.266. The maximum atomic E-state index is 11.4. The number of hydrogen-bond donors (Lipinski definition) is 1. The average Bonchev–Trinajstić information content (AvgIpc) is 2.88. The van der Waals surface area contributed by atoms with Crippen LogP contribution in [-0.2, 0) is 10.2 Å². The van der Waals surface area contributed by atoms with Crippen LogP contribution in [0.2, 0.25) is 0 Å². The summed E-state index contributed by atoms with van der Waals surface area (Å²) in [7, 11) is 0. The summed E-state index contributed by atoms with van der Waals surface area (Å²) in [5, 5.41) is 0. The van der Waals surface area contributed by atoms with Gasteiger partial charge in [0.15, 0.2) is 5.90 Å². The Kier molecular flexibility index (Phi) is 3.78. The van der Waals surface area contributed by atoms with Crippen molar-refractivity contribution in [3.8, 4) is 0 Å². The summed E-state index contributed by atoms with van der Waals surface area (Å²) >= 11 is 0. The predicted molar refractivity (Wildman–Crippen MR) is 76.7 cm³/mol. The number of aromatic nitrogens is 1. The van der Waals surface area contributed by atoms with E-state index >= 15 is 0 Å². The number of aliphatic imine (C=N–C) groups is 1. The summed E-state index contributed by atoms with van der Waals surface area (Å²) in [5.74, 6) is 1.24. The second kappa shape index (κ2) is 5.19. The van der Waals surface area contributed by atoms with Gasteiger partial charge in [0.25, 0.3) is 0 Å². The molecule has 0 aliphatic carbocycles. The number of H-pyrrole nitrogens is 1. The Balaban J connectivity index is 2.28. The molecule has 2 heterocycles. The summed E-state index contributed by atoms with van der Waals surface area (Å²) in [6.45, 7) is 9.05. The topological polar surface area (TPSA) is 54.5 Å². The largest absolute Gasteiger partial charge is 0.478 e. The second-order valence-corrected chi connectivity index (χ2v) is 5.75. The maximum Gasteiger partial charge on any atom is 0.248 e. The van der Waals surface area contributed by atoms with E-state index in [1.807, 2.05) is 19.9 Å². The van der Waals surface area contributed by atoms with E-state index in [9.17, 15) is 4.79 Å². The summed E-state index contributed by atoms with van der Waals surface area (Å²) in [5.41, 5.74) is 0.342. The van der Waals surface area contributed by atoms with E-state index in [-0.39, 0.29) is 11.6 Å². The zero-order valence-corrected chi connectivity index (χ0v) is 12.1. The molecule has 1 aromatic heterocycles. The quantitative estimate of drug-likeness (QED) is 0.906. The van der Waals surface area contributed by atoms with Crippen LogP contribution in [-0.4, -0.2) is 23.5 Å². The van der Waals surface area contributed by atoms with Crippen molar-refractivity contribution in [2.24, 2.45) is 10.9 Å². The first-order chi connectivity index (χ1) is 8.95. The van der Waals surface area contributed by atoms with Crippen LogP contribution in [0.1, 0.15) is 39.8 Å². The van der Waals surface area contributed by atoms with E-state index in [4.69, 9.17) is 9.73 Å². The van der Waals surface area contributed by atoms with Crippen LogP contribution in [0, 0.1) is 5.92 Å². The standard InChI is InChI=1S/C15H22N2O2/c1-5-10(2)11-9-19-14(16-11)15(3,4)12-7-6-8-13(18)17-12/h6-8,10-11H,5,9H2,1-4H3,(H,17,18)/t10-,11-/m1/s1. The van der Waals surface area contributed by atoms with E-state index in [2.05, 4.69) is 18.8 Å². The molecule has 1 aliphatic rings. The number of aromatic amines is 1. The minimum atomic E-state index is -0.400. The molecule has 19 heavy (non-hydrogen) atoms. The van der Waals surface area contributed by atoms with Gasteiger partial charge in [-0.2, -0.15) is 0 Å². The molecule has 2 atom stereocenters.